The maximum absolute atomic E-state index is 11.0. The van der Waals surface area contributed by atoms with Crippen molar-refractivity contribution in [3.63, 3.8) is 0 Å². The van der Waals surface area contributed by atoms with Gasteiger partial charge in [0.15, 0.2) is 0 Å². The van der Waals surface area contributed by atoms with Crippen molar-refractivity contribution in [3.05, 3.63) is 0 Å². The Morgan fingerprint density at radius 1 is 1.08 bits per heavy atom. The molecule has 0 aromatic heterocycles. The predicted molar refractivity (Wildman–Crippen MR) is 41.5 cm³/mol. The summed E-state index contributed by atoms with van der Waals surface area (Å²) in [4.78, 5) is 22.9. The van der Waals surface area contributed by atoms with Crippen LogP contribution >= 0.6 is 0 Å². The second kappa shape index (κ2) is 3.51. The van der Waals surface area contributed by atoms with Gasteiger partial charge in [-0.3, -0.25) is 15.4 Å². The molecule has 0 spiro atoms. The van der Waals surface area contributed by atoms with Gasteiger partial charge in [-0.2, -0.15) is 0 Å². The van der Waals surface area contributed by atoms with Gasteiger partial charge in [0.25, 0.3) is 0 Å². The average Bonchev–Trinajstić information content (AvgIpc) is 2.04. The fourth-order valence-corrected chi connectivity index (χ4v) is 1.08. The van der Waals surface area contributed by atoms with Gasteiger partial charge in [0.05, 0.1) is 0 Å². The van der Waals surface area contributed by atoms with E-state index in [0.29, 0.717) is 26.2 Å². The lowest BCUT2D eigenvalue weighted by atomic mass is 10.3. The van der Waals surface area contributed by atoms with Crippen molar-refractivity contribution in [2.75, 3.05) is 26.2 Å². The monoisotopic (exact) mass is 172 g/mol. The molecule has 6 nitrogen and oxygen atoms in total. The van der Waals surface area contributed by atoms with Crippen molar-refractivity contribution in [3.8, 4) is 0 Å². The molecule has 0 aromatic carbocycles. The van der Waals surface area contributed by atoms with E-state index >= 15 is 0 Å². The number of hydrogen-bond donors (Lipinski definition) is 2. The largest absolute Gasteiger partial charge is 0.361 e. The summed E-state index contributed by atoms with van der Waals surface area (Å²) in [6, 6.07) is 0. The van der Waals surface area contributed by atoms with E-state index in [9.17, 15) is 9.59 Å². The molecule has 2 amide bonds. The first kappa shape index (κ1) is 8.95. The number of hydrazine groups is 1. The minimum Gasteiger partial charge on any atom is -0.361 e. The third kappa shape index (κ3) is 1.93. The highest BCUT2D eigenvalue weighted by Crippen LogP contribution is 1.97. The SMILES string of the molecule is NC(=O)C(=O)N1CCN(N)CC1. The maximum atomic E-state index is 11.0. The number of carbonyl (C=O) groups excluding carboxylic acids is 2. The van der Waals surface area contributed by atoms with Crippen LogP contribution in [-0.2, 0) is 9.59 Å². The van der Waals surface area contributed by atoms with Crippen LogP contribution in [0.2, 0.25) is 0 Å². The van der Waals surface area contributed by atoms with Crippen molar-refractivity contribution in [1.29, 1.82) is 0 Å². The molecule has 6 heteroatoms. The molecule has 0 bridgehead atoms. The predicted octanol–water partition coefficient (Wildman–Crippen LogP) is -2.51. The van der Waals surface area contributed by atoms with E-state index in [4.69, 9.17) is 11.6 Å². The fraction of sp³-hybridized carbons (Fsp3) is 0.667. The molecule has 0 radical (unpaired) electrons. The zero-order valence-electron chi connectivity index (χ0n) is 6.69. The Morgan fingerprint density at radius 3 is 2.00 bits per heavy atom. The second-order valence-corrected chi connectivity index (χ2v) is 2.69. The Labute approximate surface area is 70.1 Å². The third-order valence-corrected chi connectivity index (χ3v) is 1.81. The van der Waals surface area contributed by atoms with E-state index in [0.717, 1.165) is 0 Å². The van der Waals surface area contributed by atoms with Crippen molar-refractivity contribution >= 4 is 11.8 Å². The van der Waals surface area contributed by atoms with Crippen molar-refractivity contribution in [1.82, 2.24) is 9.91 Å². The summed E-state index contributed by atoms with van der Waals surface area (Å²) < 4.78 is 0. The first-order chi connectivity index (χ1) is 5.61. The molecule has 1 aliphatic heterocycles. The minimum absolute atomic E-state index is 0.471. The topological polar surface area (TPSA) is 92.7 Å². The Balaban J connectivity index is 2.44. The Kier molecular flexibility index (Phi) is 2.61. The summed E-state index contributed by atoms with van der Waals surface area (Å²) in [6.07, 6.45) is 0. The molecule has 0 aliphatic carbocycles. The molecular weight excluding hydrogens is 160 g/mol. The lowest BCUT2D eigenvalue weighted by molar-refractivity contribution is -0.145. The molecule has 0 saturated carbocycles. The molecule has 1 saturated heterocycles. The van der Waals surface area contributed by atoms with Crippen LogP contribution in [0.25, 0.3) is 0 Å². The van der Waals surface area contributed by atoms with E-state index in [2.05, 4.69) is 0 Å². The highest BCUT2D eigenvalue weighted by atomic mass is 16.2. The van der Waals surface area contributed by atoms with Crippen LogP contribution in [0.1, 0.15) is 0 Å². The van der Waals surface area contributed by atoms with E-state index in [1.54, 1.807) is 5.01 Å². The molecular formula is C6H12N4O2. The van der Waals surface area contributed by atoms with E-state index < -0.39 is 11.8 Å². The van der Waals surface area contributed by atoms with Crippen LogP contribution < -0.4 is 11.6 Å². The summed E-state index contributed by atoms with van der Waals surface area (Å²) in [5.41, 5.74) is 4.83. The average molecular weight is 172 g/mol. The molecule has 1 rings (SSSR count). The first-order valence-electron chi connectivity index (χ1n) is 3.69. The highest BCUT2D eigenvalue weighted by Gasteiger charge is 2.22. The van der Waals surface area contributed by atoms with Crippen LogP contribution in [0, 0.1) is 0 Å². The van der Waals surface area contributed by atoms with Crippen LogP contribution in [0.5, 0.6) is 0 Å². The zero-order valence-corrected chi connectivity index (χ0v) is 6.69. The van der Waals surface area contributed by atoms with E-state index in [1.165, 1.54) is 4.90 Å². The lowest BCUT2D eigenvalue weighted by Gasteiger charge is -2.30. The number of nitrogens with two attached hydrogens (primary N) is 2. The number of hydrogen-bond acceptors (Lipinski definition) is 4. The van der Waals surface area contributed by atoms with Gasteiger partial charge < -0.3 is 10.6 Å². The summed E-state index contributed by atoms with van der Waals surface area (Å²) in [6.45, 7) is 2.11. The van der Waals surface area contributed by atoms with Gasteiger partial charge in [0, 0.05) is 26.2 Å². The molecule has 1 fully saturated rings. The highest BCUT2D eigenvalue weighted by molar-refractivity contribution is 6.34. The molecule has 0 atom stereocenters. The lowest BCUT2D eigenvalue weighted by Crippen LogP contribution is -2.53. The third-order valence-electron chi connectivity index (χ3n) is 1.81. The van der Waals surface area contributed by atoms with Crippen LogP contribution in [0.4, 0.5) is 0 Å². The number of piperazine rings is 1. The molecule has 68 valence electrons. The summed E-state index contributed by atoms with van der Waals surface area (Å²) in [7, 11) is 0. The molecule has 1 aliphatic rings. The van der Waals surface area contributed by atoms with Gasteiger partial charge >= 0.3 is 11.8 Å². The van der Waals surface area contributed by atoms with Gasteiger partial charge in [0.2, 0.25) is 0 Å². The number of amides is 2. The number of carbonyl (C=O) groups is 2. The zero-order chi connectivity index (χ0) is 9.14. The van der Waals surface area contributed by atoms with Crippen molar-refractivity contribution in [2.24, 2.45) is 11.6 Å². The molecule has 0 aromatic rings. The van der Waals surface area contributed by atoms with Gasteiger partial charge in [-0.15, -0.1) is 0 Å². The van der Waals surface area contributed by atoms with Gasteiger partial charge in [0.1, 0.15) is 0 Å². The molecule has 0 unspecified atom stereocenters. The Morgan fingerprint density at radius 2 is 1.58 bits per heavy atom. The van der Waals surface area contributed by atoms with Crippen LogP contribution in [0.15, 0.2) is 0 Å². The van der Waals surface area contributed by atoms with Crippen LogP contribution in [0.3, 0.4) is 0 Å². The van der Waals surface area contributed by atoms with Gasteiger partial charge in [-0.25, -0.2) is 5.01 Å². The summed E-state index contributed by atoms with van der Waals surface area (Å²) in [5, 5.41) is 1.60. The standard InChI is InChI=1S/C6H12N4O2/c7-5(11)6(12)9-1-3-10(8)4-2-9/h1-4,8H2,(H2,7,11). The van der Waals surface area contributed by atoms with Crippen LogP contribution in [-0.4, -0.2) is 47.9 Å². The van der Waals surface area contributed by atoms with Gasteiger partial charge in [-0.1, -0.05) is 0 Å². The second-order valence-electron chi connectivity index (χ2n) is 2.69. The molecule has 1 heterocycles. The number of nitrogens with zero attached hydrogens (tertiary/aromatic N) is 2. The number of rotatable bonds is 0. The van der Waals surface area contributed by atoms with E-state index in [-0.39, 0.29) is 0 Å². The van der Waals surface area contributed by atoms with E-state index in [1.807, 2.05) is 0 Å². The summed E-state index contributed by atoms with van der Waals surface area (Å²) >= 11 is 0. The molecule has 4 N–H and O–H groups in total. The first-order valence-corrected chi connectivity index (χ1v) is 3.69. The fourth-order valence-electron chi connectivity index (χ4n) is 1.08. The van der Waals surface area contributed by atoms with Crippen molar-refractivity contribution < 1.29 is 9.59 Å². The normalized spacial score (nSPS) is 19.2. The smallest absolute Gasteiger partial charge is 0.311 e. The van der Waals surface area contributed by atoms with Crippen molar-refractivity contribution in [2.45, 2.75) is 0 Å². The summed E-state index contributed by atoms with van der Waals surface area (Å²) in [5.74, 6) is 3.93. The molecule has 12 heavy (non-hydrogen) atoms. The quantitative estimate of drug-likeness (QED) is 0.312. The maximum Gasteiger partial charge on any atom is 0.311 e. The Bertz CT molecular complexity index is 198. The Hall–Kier alpha value is -1.14. The number of primary amides is 1. The van der Waals surface area contributed by atoms with Gasteiger partial charge in [-0.05, 0) is 0 Å². The minimum atomic E-state index is -0.902.